The van der Waals surface area contributed by atoms with Gasteiger partial charge in [0, 0.05) is 12.0 Å². The van der Waals surface area contributed by atoms with E-state index in [-0.39, 0.29) is 0 Å². The van der Waals surface area contributed by atoms with Gasteiger partial charge in [-0.15, -0.1) is 0 Å². The van der Waals surface area contributed by atoms with Crippen LogP contribution in [0.25, 0.3) is 0 Å². The maximum absolute atomic E-state index is 10.3. The highest BCUT2D eigenvalue weighted by atomic mass is 16.5. The molecule has 2 aromatic rings. The average Bonchev–Trinajstić information content (AvgIpc) is 2.54. The molecule has 0 saturated heterocycles. The largest absolute Gasteiger partial charge is 0.490 e. The van der Waals surface area contributed by atoms with E-state index < -0.39 is 6.10 Å². The summed E-state index contributed by atoms with van der Waals surface area (Å²) in [5.41, 5.74) is 5.11. The van der Waals surface area contributed by atoms with Gasteiger partial charge in [0.15, 0.2) is 0 Å². The van der Waals surface area contributed by atoms with Crippen molar-refractivity contribution in [3.8, 4) is 5.75 Å². The number of aliphatic hydroxyl groups is 1. The molecule has 2 aromatic carbocycles. The zero-order valence-electron chi connectivity index (χ0n) is 14.0. The highest BCUT2D eigenvalue weighted by molar-refractivity contribution is 5.39. The minimum Gasteiger partial charge on any atom is -0.490 e. The summed E-state index contributed by atoms with van der Waals surface area (Å²) in [4.78, 5) is 1.43. The van der Waals surface area contributed by atoms with Crippen LogP contribution in [-0.2, 0) is 13.0 Å². The molecule has 122 valence electrons. The van der Waals surface area contributed by atoms with Gasteiger partial charge in [0.2, 0.25) is 0 Å². The maximum atomic E-state index is 10.3. The first-order valence-electron chi connectivity index (χ1n) is 8.41. The van der Waals surface area contributed by atoms with Crippen LogP contribution < -0.4 is 9.64 Å². The quantitative estimate of drug-likeness (QED) is 0.881. The third-order valence-electron chi connectivity index (χ3n) is 4.66. The molecule has 3 nitrogen and oxygen atoms in total. The molecule has 1 aliphatic rings. The van der Waals surface area contributed by atoms with Crippen LogP contribution in [0.4, 0.5) is 0 Å². The first kappa shape index (κ1) is 16.0. The van der Waals surface area contributed by atoms with Gasteiger partial charge in [-0.25, -0.2) is 0 Å². The predicted molar refractivity (Wildman–Crippen MR) is 92.0 cm³/mol. The Kier molecular flexibility index (Phi) is 4.99. The van der Waals surface area contributed by atoms with E-state index in [9.17, 15) is 5.11 Å². The molecular weight excluding hydrogens is 286 g/mol. The number of hydrogen-bond acceptors (Lipinski definition) is 2. The van der Waals surface area contributed by atoms with Crippen molar-refractivity contribution in [1.82, 2.24) is 0 Å². The molecule has 0 radical (unpaired) electrons. The number of benzene rings is 2. The number of quaternary nitrogens is 1. The zero-order chi connectivity index (χ0) is 16.2. The van der Waals surface area contributed by atoms with Gasteiger partial charge in [-0.3, -0.25) is 0 Å². The Labute approximate surface area is 138 Å². The molecule has 0 aliphatic carbocycles. The molecule has 2 atom stereocenters. The van der Waals surface area contributed by atoms with Crippen LogP contribution in [-0.4, -0.2) is 30.9 Å². The van der Waals surface area contributed by atoms with Crippen LogP contribution in [0.5, 0.6) is 5.75 Å². The fraction of sp³-hybridized carbons (Fsp3) is 0.400. The van der Waals surface area contributed by atoms with E-state index >= 15 is 0 Å². The molecule has 0 saturated carbocycles. The van der Waals surface area contributed by atoms with Gasteiger partial charge in [-0.1, -0.05) is 42.5 Å². The second kappa shape index (κ2) is 7.16. The summed E-state index contributed by atoms with van der Waals surface area (Å²) in [6.07, 6.45) is 0.657. The summed E-state index contributed by atoms with van der Waals surface area (Å²) in [7, 11) is 0. The van der Waals surface area contributed by atoms with E-state index in [1.807, 2.05) is 32.0 Å². The number of ether oxygens (including phenoxy) is 1. The van der Waals surface area contributed by atoms with Crippen molar-refractivity contribution in [3.05, 3.63) is 64.7 Å². The van der Waals surface area contributed by atoms with E-state index in [2.05, 4.69) is 24.3 Å². The van der Waals surface area contributed by atoms with Gasteiger partial charge >= 0.3 is 0 Å². The number of para-hydroxylation sites is 1. The molecule has 0 bridgehead atoms. The standard InChI is InChI=1S/C20H25NO2/c1-15-6-5-7-16(2)20(15)23-14-19(22)13-21-11-10-17-8-3-4-9-18(17)12-21/h3-9,19,22H,10-14H2,1-2H3/p+1/t19-/m0/s1. The van der Waals surface area contributed by atoms with E-state index in [0.29, 0.717) is 6.61 Å². The summed E-state index contributed by atoms with van der Waals surface area (Å²) in [6, 6.07) is 14.7. The van der Waals surface area contributed by atoms with Crippen molar-refractivity contribution in [2.24, 2.45) is 0 Å². The number of fused-ring (bicyclic) bond motifs is 1. The molecular formula is C20H26NO2+. The van der Waals surface area contributed by atoms with Gasteiger partial charge in [0.05, 0.1) is 6.54 Å². The summed E-state index contributed by atoms with van der Waals surface area (Å²) in [5, 5.41) is 10.3. The van der Waals surface area contributed by atoms with Crippen molar-refractivity contribution in [1.29, 1.82) is 0 Å². The topological polar surface area (TPSA) is 33.9 Å². The van der Waals surface area contributed by atoms with E-state index in [0.717, 1.165) is 42.9 Å². The molecule has 2 N–H and O–H groups in total. The monoisotopic (exact) mass is 312 g/mol. The lowest BCUT2D eigenvalue weighted by molar-refractivity contribution is -0.918. The molecule has 3 heteroatoms. The molecule has 23 heavy (non-hydrogen) atoms. The SMILES string of the molecule is Cc1cccc(C)c1OC[C@@H](O)C[NH+]1CCc2ccccc2C1. The summed E-state index contributed by atoms with van der Waals surface area (Å²) in [5.74, 6) is 0.908. The first-order valence-corrected chi connectivity index (χ1v) is 8.41. The maximum Gasteiger partial charge on any atom is 0.137 e. The Balaban J connectivity index is 1.53. The Morgan fingerprint density at radius 2 is 1.74 bits per heavy atom. The zero-order valence-corrected chi connectivity index (χ0v) is 14.0. The third-order valence-corrected chi connectivity index (χ3v) is 4.66. The minimum atomic E-state index is -0.436. The van der Waals surface area contributed by atoms with Crippen LogP contribution in [0.2, 0.25) is 0 Å². The summed E-state index contributed by atoms with van der Waals surface area (Å²) in [6.45, 7) is 7.26. The van der Waals surface area contributed by atoms with Gasteiger partial charge in [0.1, 0.15) is 31.5 Å². The van der Waals surface area contributed by atoms with Crippen LogP contribution in [0, 0.1) is 13.8 Å². The predicted octanol–water partition coefficient (Wildman–Crippen LogP) is 1.68. The molecule has 3 rings (SSSR count). The third kappa shape index (κ3) is 3.92. The van der Waals surface area contributed by atoms with Gasteiger partial charge < -0.3 is 14.7 Å². The van der Waals surface area contributed by atoms with Crippen LogP contribution in [0.1, 0.15) is 22.3 Å². The van der Waals surface area contributed by atoms with Crippen molar-refractivity contribution >= 4 is 0 Å². The Hall–Kier alpha value is -1.84. The number of hydrogen-bond donors (Lipinski definition) is 2. The second-order valence-corrected chi connectivity index (χ2v) is 6.59. The number of aliphatic hydroxyl groups excluding tert-OH is 1. The summed E-state index contributed by atoms with van der Waals surface area (Å²) < 4.78 is 5.88. The van der Waals surface area contributed by atoms with Crippen LogP contribution >= 0.6 is 0 Å². The Morgan fingerprint density at radius 3 is 2.48 bits per heavy atom. The normalized spacial score (nSPS) is 18.3. The van der Waals surface area contributed by atoms with Crippen molar-refractivity contribution in [2.45, 2.75) is 32.9 Å². The van der Waals surface area contributed by atoms with Gasteiger partial charge in [0.25, 0.3) is 0 Å². The molecule has 0 fully saturated rings. The highest BCUT2D eigenvalue weighted by Crippen LogP contribution is 2.22. The number of aryl methyl sites for hydroxylation is 2. The number of nitrogens with one attached hydrogen (secondary N) is 1. The van der Waals surface area contributed by atoms with E-state index in [1.54, 1.807) is 0 Å². The molecule has 0 spiro atoms. The smallest absolute Gasteiger partial charge is 0.137 e. The van der Waals surface area contributed by atoms with E-state index in [1.165, 1.54) is 16.0 Å². The van der Waals surface area contributed by atoms with Crippen molar-refractivity contribution in [3.63, 3.8) is 0 Å². The molecule has 0 amide bonds. The van der Waals surface area contributed by atoms with E-state index in [4.69, 9.17) is 4.74 Å². The lowest BCUT2D eigenvalue weighted by Gasteiger charge is -2.27. The fourth-order valence-corrected chi connectivity index (χ4v) is 3.42. The molecule has 1 aliphatic heterocycles. The molecule has 1 heterocycles. The lowest BCUT2D eigenvalue weighted by atomic mass is 10.00. The van der Waals surface area contributed by atoms with Gasteiger partial charge in [-0.2, -0.15) is 0 Å². The second-order valence-electron chi connectivity index (χ2n) is 6.59. The van der Waals surface area contributed by atoms with Crippen LogP contribution in [0.3, 0.4) is 0 Å². The summed E-state index contributed by atoms with van der Waals surface area (Å²) >= 11 is 0. The average molecular weight is 312 g/mol. The van der Waals surface area contributed by atoms with Crippen molar-refractivity contribution in [2.75, 3.05) is 19.7 Å². The Bertz CT molecular complexity index is 648. The van der Waals surface area contributed by atoms with Gasteiger partial charge in [-0.05, 0) is 30.5 Å². The van der Waals surface area contributed by atoms with Crippen LogP contribution in [0.15, 0.2) is 42.5 Å². The minimum absolute atomic E-state index is 0.358. The fourth-order valence-electron chi connectivity index (χ4n) is 3.42. The lowest BCUT2D eigenvalue weighted by Crippen LogP contribution is -3.13. The molecule has 1 unspecified atom stereocenters. The first-order chi connectivity index (χ1) is 11.1. The Morgan fingerprint density at radius 1 is 1.04 bits per heavy atom. The highest BCUT2D eigenvalue weighted by Gasteiger charge is 2.22. The molecule has 0 aromatic heterocycles. The van der Waals surface area contributed by atoms with Crippen molar-refractivity contribution < 1.29 is 14.7 Å². The number of rotatable bonds is 5.